The second-order valence-corrected chi connectivity index (χ2v) is 4.80. The maximum absolute atomic E-state index is 10.8. The molecule has 19 heavy (non-hydrogen) atoms. The van der Waals surface area contributed by atoms with Crippen molar-refractivity contribution in [1.82, 2.24) is 9.97 Å². The maximum Gasteiger partial charge on any atom is 0.272 e. The van der Waals surface area contributed by atoms with E-state index in [9.17, 15) is 10.1 Å². The Morgan fingerprint density at radius 1 is 1.32 bits per heavy atom. The highest BCUT2D eigenvalue weighted by Crippen LogP contribution is 2.30. The minimum Gasteiger partial charge on any atom is -0.324 e. The summed E-state index contributed by atoms with van der Waals surface area (Å²) in [5.74, 6) is 5.29. The van der Waals surface area contributed by atoms with Crippen molar-refractivity contribution in [2.45, 2.75) is 17.0 Å². The Balaban J connectivity index is 2.31. The number of rotatable bonds is 4. The summed E-state index contributed by atoms with van der Waals surface area (Å²) >= 11 is 1.24. The normalized spacial score (nSPS) is 10.2. The van der Waals surface area contributed by atoms with Gasteiger partial charge >= 0.3 is 0 Å². The van der Waals surface area contributed by atoms with E-state index < -0.39 is 4.92 Å². The van der Waals surface area contributed by atoms with Gasteiger partial charge in [-0.2, -0.15) is 0 Å². The van der Waals surface area contributed by atoms with Crippen LogP contribution in [0.5, 0.6) is 0 Å². The van der Waals surface area contributed by atoms with Crippen LogP contribution in [0.3, 0.4) is 0 Å². The second-order valence-electron chi connectivity index (χ2n) is 3.76. The molecular weight excluding hydrogens is 266 g/mol. The molecule has 1 aromatic heterocycles. The van der Waals surface area contributed by atoms with Gasteiger partial charge in [0.15, 0.2) is 5.16 Å². The summed E-state index contributed by atoms with van der Waals surface area (Å²) in [5.41, 5.74) is 3.78. The number of hydrogen-bond acceptors (Lipinski definition) is 7. The summed E-state index contributed by atoms with van der Waals surface area (Å²) in [6, 6.07) is 4.51. The van der Waals surface area contributed by atoms with Gasteiger partial charge in [-0.15, -0.1) is 0 Å². The van der Waals surface area contributed by atoms with Crippen molar-refractivity contribution in [3.05, 3.63) is 46.3 Å². The minimum absolute atomic E-state index is 0.0370. The van der Waals surface area contributed by atoms with Gasteiger partial charge in [0.05, 0.1) is 10.6 Å². The summed E-state index contributed by atoms with van der Waals surface area (Å²) < 4.78 is 0. The van der Waals surface area contributed by atoms with Crippen molar-refractivity contribution in [3.63, 3.8) is 0 Å². The van der Waals surface area contributed by atoms with Gasteiger partial charge in [-0.1, -0.05) is 0 Å². The van der Waals surface area contributed by atoms with Crippen LogP contribution in [-0.2, 0) is 0 Å². The monoisotopic (exact) mass is 277 g/mol. The number of aryl methyl sites for hydroxylation is 1. The first kappa shape index (κ1) is 13.2. The molecule has 0 bridgehead atoms. The number of nitrogens with zero attached hydrogens (tertiary/aromatic N) is 3. The average molecular weight is 277 g/mol. The van der Waals surface area contributed by atoms with E-state index >= 15 is 0 Å². The summed E-state index contributed by atoms with van der Waals surface area (Å²) in [6.07, 6.45) is 3.38. The fourth-order valence-electron chi connectivity index (χ4n) is 1.37. The number of nitrogens with one attached hydrogen (secondary N) is 1. The van der Waals surface area contributed by atoms with Gasteiger partial charge in [-0.05, 0) is 30.3 Å². The van der Waals surface area contributed by atoms with E-state index in [4.69, 9.17) is 5.84 Å². The number of benzene rings is 1. The Morgan fingerprint density at radius 2 is 2.00 bits per heavy atom. The van der Waals surface area contributed by atoms with Crippen LogP contribution < -0.4 is 11.3 Å². The molecule has 0 aliphatic carbocycles. The number of nitrogens with two attached hydrogens (primary N) is 1. The first-order chi connectivity index (χ1) is 9.08. The lowest BCUT2D eigenvalue weighted by Crippen LogP contribution is -2.07. The molecule has 1 aromatic carbocycles. The van der Waals surface area contributed by atoms with Crippen LogP contribution in [0.2, 0.25) is 0 Å². The Kier molecular flexibility index (Phi) is 3.93. The number of nitro groups is 1. The zero-order chi connectivity index (χ0) is 13.8. The molecule has 0 saturated heterocycles. The highest BCUT2D eigenvalue weighted by atomic mass is 32.2. The Hall–Kier alpha value is -2.19. The van der Waals surface area contributed by atoms with Crippen LogP contribution in [-0.4, -0.2) is 14.9 Å². The fourth-order valence-corrected chi connectivity index (χ4v) is 2.16. The van der Waals surface area contributed by atoms with E-state index in [1.165, 1.54) is 23.9 Å². The molecule has 0 spiro atoms. The smallest absolute Gasteiger partial charge is 0.272 e. The predicted octanol–water partition coefficient (Wildman–Crippen LogP) is 2.13. The summed E-state index contributed by atoms with van der Waals surface area (Å²) in [5, 5.41) is 11.3. The first-order valence-electron chi connectivity index (χ1n) is 5.31. The molecule has 0 radical (unpaired) electrons. The summed E-state index contributed by atoms with van der Waals surface area (Å²) in [6.45, 7) is 1.89. The second kappa shape index (κ2) is 5.63. The highest BCUT2D eigenvalue weighted by molar-refractivity contribution is 7.99. The topological polar surface area (TPSA) is 107 Å². The summed E-state index contributed by atoms with van der Waals surface area (Å²) in [7, 11) is 0. The average Bonchev–Trinajstić information content (AvgIpc) is 2.41. The molecule has 0 atom stereocenters. The minimum atomic E-state index is -0.471. The number of non-ortho nitro benzene ring substituents is 1. The number of anilines is 1. The lowest BCUT2D eigenvalue weighted by Gasteiger charge is -2.04. The number of aromatic nitrogens is 2. The Morgan fingerprint density at radius 3 is 2.58 bits per heavy atom. The molecule has 98 valence electrons. The van der Waals surface area contributed by atoms with Crippen molar-refractivity contribution in [2.75, 3.05) is 5.43 Å². The van der Waals surface area contributed by atoms with Gasteiger partial charge in [0, 0.05) is 29.4 Å². The van der Waals surface area contributed by atoms with Crippen molar-refractivity contribution >= 4 is 23.1 Å². The Bertz CT molecular complexity index is 603. The van der Waals surface area contributed by atoms with Crippen LogP contribution in [0.15, 0.2) is 40.6 Å². The predicted molar refractivity (Wildman–Crippen MR) is 71.8 cm³/mol. The lowest BCUT2D eigenvalue weighted by molar-refractivity contribution is -0.385. The van der Waals surface area contributed by atoms with Crippen LogP contribution >= 0.6 is 11.8 Å². The molecule has 2 aromatic rings. The molecule has 3 N–H and O–H groups in total. The lowest BCUT2D eigenvalue weighted by atomic mass is 10.3. The van der Waals surface area contributed by atoms with Gasteiger partial charge in [0.1, 0.15) is 0 Å². The first-order valence-corrected chi connectivity index (χ1v) is 6.13. The van der Waals surface area contributed by atoms with Crippen molar-refractivity contribution < 1.29 is 4.92 Å². The molecule has 0 fully saturated rings. The number of hydrazine groups is 1. The molecule has 1 heterocycles. The van der Waals surface area contributed by atoms with Crippen molar-refractivity contribution in [2.24, 2.45) is 5.84 Å². The molecule has 0 aliphatic rings. The quantitative estimate of drug-likeness (QED) is 0.381. The van der Waals surface area contributed by atoms with Gasteiger partial charge in [-0.3, -0.25) is 16.0 Å². The van der Waals surface area contributed by atoms with Crippen molar-refractivity contribution in [3.8, 4) is 0 Å². The van der Waals surface area contributed by atoms with Gasteiger partial charge in [0.25, 0.3) is 5.69 Å². The third-order valence-electron chi connectivity index (χ3n) is 2.24. The van der Waals surface area contributed by atoms with E-state index in [0.717, 1.165) is 5.56 Å². The molecule has 0 amide bonds. The third-order valence-corrected chi connectivity index (χ3v) is 3.10. The highest BCUT2D eigenvalue weighted by Gasteiger charge is 2.11. The third kappa shape index (κ3) is 3.39. The molecule has 7 nitrogen and oxygen atoms in total. The van der Waals surface area contributed by atoms with Gasteiger partial charge in [-0.25, -0.2) is 9.97 Å². The molecule has 2 rings (SSSR count). The number of nitrogen functional groups attached to an aromatic ring is 1. The fraction of sp³-hybridized carbons (Fsp3) is 0.0909. The molecule has 0 unspecified atom stereocenters. The largest absolute Gasteiger partial charge is 0.324 e. The van der Waals surface area contributed by atoms with E-state index in [1.807, 2.05) is 6.92 Å². The van der Waals surface area contributed by atoms with Gasteiger partial charge < -0.3 is 5.43 Å². The number of nitro benzene ring substituents is 1. The number of hydrogen-bond donors (Lipinski definition) is 2. The van der Waals surface area contributed by atoms with Crippen molar-refractivity contribution in [1.29, 1.82) is 0 Å². The van der Waals surface area contributed by atoms with E-state index in [2.05, 4.69) is 15.4 Å². The van der Waals surface area contributed by atoms with E-state index in [1.54, 1.807) is 18.5 Å². The van der Waals surface area contributed by atoms with E-state index in [-0.39, 0.29) is 5.69 Å². The molecule has 0 aliphatic heterocycles. The van der Waals surface area contributed by atoms with Gasteiger partial charge in [0.2, 0.25) is 0 Å². The SMILES string of the molecule is Cc1cnc(Sc2cc(NN)cc([N+](=O)[O-])c2)nc1. The van der Waals surface area contributed by atoms with Crippen LogP contribution in [0, 0.1) is 17.0 Å². The maximum atomic E-state index is 10.8. The standard InChI is InChI=1S/C11H11N5O2S/c1-7-5-13-11(14-6-7)19-10-3-8(15-12)2-9(4-10)16(17)18/h2-6,15H,12H2,1H3. The zero-order valence-corrected chi connectivity index (χ0v) is 10.8. The van der Waals surface area contributed by atoms with Crippen LogP contribution in [0.25, 0.3) is 0 Å². The molecular formula is C11H11N5O2S. The summed E-state index contributed by atoms with van der Waals surface area (Å²) in [4.78, 5) is 19.3. The molecule has 0 saturated carbocycles. The zero-order valence-electron chi connectivity index (χ0n) is 10.0. The Labute approximate surface area is 113 Å². The molecule has 8 heteroatoms. The van der Waals surface area contributed by atoms with Crippen LogP contribution in [0.4, 0.5) is 11.4 Å². The van der Waals surface area contributed by atoms with E-state index in [0.29, 0.717) is 15.7 Å². The van der Waals surface area contributed by atoms with Crippen LogP contribution in [0.1, 0.15) is 5.56 Å².